The number of amides is 1. The van der Waals surface area contributed by atoms with Crippen molar-refractivity contribution in [3.63, 3.8) is 0 Å². The van der Waals surface area contributed by atoms with Crippen LogP contribution in [0.4, 0.5) is 5.69 Å². The van der Waals surface area contributed by atoms with Gasteiger partial charge in [-0.2, -0.15) is 0 Å². The molecule has 38 heavy (non-hydrogen) atoms. The van der Waals surface area contributed by atoms with Gasteiger partial charge in [-0.05, 0) is 54.4 Å². The van der Waals surface area contributed by atoms with Crippen molar-refractivity contribution in [2.24, 2.45) is 0 Å². The molecule has 0 aliphatic heterocycles. The Hall–Kier alpha value is -3.98. The Morgan fingerprint density at radius 1 is 0.816 bits per heavy atom. The third-order valence-corrected chi connectivity index (χ3v) is 7.30. The first kappa shape index (κ1) is 27.1. The van der Waals surface area contributed by atoms with Crippen LogP contribution in [-0.2, 0) is 21.2 Å². The summed E-state index contributed by atoms with van der Waals surface area (Å²) in [5.74, 6) is -0.452. The van der Waals surface area contributed by atoms with Crippen LogP contribution in [-0.4, -0.2) is 33.3 Å². The molecule has 194 valence electrons. The normalized spacial score (nSPS) is 11.1. The van der Waals surface area contributed by atoms with E-state index in [0.29, 0.717) is 28.4 Å². The van der Waals surface area contributed by atoms with Gasteiger partial charge in [0.25, 0.3) is 5.91 Å². The van der Waals surface area contributed by atoms with Crippen molar-refractivity contribution in [1.29, 1.82) is 0 Å². The molecule has 0 heterocycles. The van der Waals surface area contributed by atoms with E-state index in [9.17, 15) is 18.0 Å². The number of rotatable bonds is 11. The molecule has 2 N–H and O–H groups in total. The lowest BCUT2D eigenvalue weighted by Crippen LogP contribution is -2.26. The monoisotopic (exact) mass is 548 g/mol. The van der Waals surface area contributed by atoms with Crippen LogP contribution in [0.3, 0.4) is 0 Å². The number of ketones is 1. The fraction of sp³-hybridized carbons (Fsp3) is 0.103. The van der Waals surface area contributed by atoms with Crippen LogP contribution >= 0.6 is 11.6 Å². The highest BCUT2D eigenvalue weighted by molar-refractivity contribution is 7.89. The van der Waals surface area contributed by atoms with Gasteiger partial charge in [-0.1, -0.05) is 72.3 Å². The maximum Gasteiger partial charge on any atom is 0.262 e. The number of ether oxygens (including phenoxy) is 1. The second kappa shape index (κ2) is 12.5. The Labute approximate surface area is 226 Å². The summed E-state index contributed by atoms with van der Waals surface area (Å²) in [6.07, 6.45) is 0.572. The maximum absolute atomic E-state index is 12.9. The molecular formula is C29H25ClN2O5S. The van der Waals surface area contributed by atoms with E-state index in [1.807, 2.05) is 30.3 Å². The van der Waals surface area contributed by atoms with Crippen LogP contribution in [0, 0.1) is 0 Å². The van der Waals surface area contributed by atoms with Gasteiger partial charge in [0.15, 0.2) is 12.4 Å². The highest BCUT2D eigenvalue weighted by atomic mass is 35.5. The van der Waals surface area contributed by atoms with Gasteiger partial charge in [0.1, 0.15) is 5.75 Å². The molecule has 0 aromatic heterocycles. The lowest BCUT2D eigenvalue weighted by molar-refractivity contribution is -0.118. The SMILES string of the molecule is O=C(COc1ccc(S(=O)(=O)NCCc2ccccc2)cc1)Nc1ccc(Cl)cc1C(=O)c1ccccc1. The van der Waals surface area contributed by atoms with Crippen molar-refractivity contribution in [2.75, 3.05) is 18.5 Å². The standard InChI is InChI=1S/C29H25ClN2O5S/c30-23-11-16-27(26(19-23)29(34)22-9-5-2-6-10-22)32-28(33)20-37-24-12-14-25(15-13-24)38(35,36)31-18-17-21-7-3-1-4-8-21/h1-16,19,31H,17-18,20H2,(H,32,33). The van der Waals surface area contributed by atoms with Gasteiger partial charge in [-0.3, -0.25) is 9.59 Å². The predicted octanol–water partition coefficient (Wildman–Crippen LogP) is 5.11. The Balaban J connectivity index is 1.33. The molecule has 0 atom stereocenters. The second-order valence-corrected chi connectivity index (χ2v) is 10.5. The number of carbonyl (C=O) groups excluding carboxylic acids is 2. The molecule has 4 rings (SSSR count). The van der Waals surface area contributed by atoms with Gasteiger partial charge in [0, 0.05) is 22.7 Å². The fourth-order valence-electron chi connectivity index (χ4n) is 3.67. The van der Waals surface area contributed by atoms with E-state index >= 15 is 0 Å². The molecule has 0 radical (unpaired) electrons. The Kier molecular flexibility index (Phi) is 8.91. The minimum absolute atomic E-state index is 0.0904. The molecule has 0 saturated heterocycles. The van der Waals surface area contributed by atoms with Gasteiger partial charge >= 0.3 is 0 Å². The van der Waals surface area contributed by atoms with E-state index in [0.717, 1.165) is 5.56 Å². The zero-order valence-electron chi connectivity index (χ0n) is 20.3. The fourth-order valence-corrected chi connectivity index (χ4v) is 4.87. The molecule has 0 aliphatic carbocycles. The lowest BCUT2D eigenvalue weighted by Gasteiger charge is -2.12. The van der Waals surface area contributed by atoms with Crippen molar-refractivity contribution in [2.45, 2.75) is 11.3 Å². The van der Waals surface area contributed by atoms with E-state index < -0.39 is 15.9 Å². The zero-order valence-corrected chi connectivity index (χ0v) is 21.8. The summed E-state index contributed by atoms with van der Waals surface area (Å²) in [6, 6.07) is 28.7. The highest BCUT2D eigenvalue weighted by Crippen LogP contribution is 2.24. The number of benzene rings is 4. The molecule has 4 aromatic rings. The van der Waals surface area contributed by atoms with Crippen molar-refractivity contribution in [3.8, 4) is 5.75 Å². The number of hydrogen-bond acceptors (Lipinski definition) is 5. The molecule has 0 aliphatic rings. The first-order chi connectivity index (χ1) is 18.3. The van der Waals surface area contributed by atoms with Crippen LogP contribution in [0.15, 0.2) is 108 Å². The minimum Gasteiger partial charge on any atom is -0.484 e. The topological polar surface area (TPSA) is 102 Å². The van der Waals surface area contributed by atoms with E-state index in [4.69, 9.17) is 16.3 Å². The minimum atomic E-state index is -3.69. The van der Waals surface area contributed by atoms with E-state index in [1.165, 1.54) is 30.3 Å². The quantitative estimate of drug-likeness (QED) is 0.254. The molecule has 7 nitrogen and oxygen atoms in total. The van der Waals surface area contributed by atoms with Crippen LogP contribution in [0.2, 0.25) is 5.02 Å². The molecular weight excluding hydrogens is 524 g/mol. The summed E-state index contributed by atoms with van der Waals surface area (Å²) < 4.78 is 33.2. The molecule has 1 amide bonds. The van der Waals surface area contributed by atoms with Gasteiger partial charge in [0.05, 0.1) is 10.6 Å². The summed E-state index contributed by atoms with van der Waals surface area (Å²) in [5.41, 5.74) is 2.06. The molecule has 0 fully saturated rings. The third-order valence-electron chi connectivity index (χ3n) is 5.59. The van der Waals surface area contributed by atoms with Gasteiger partial charge in [-0.15, -0.1) is 0 Å². The van der Waals surface area contributed by atoms with Crippen molar-refractivity contribution in [1.82, 2.24) is 4.72 Å². The number of halogens is 1. The first-order valence-electron chi connectivity index (χ1n) is 11.8. The van der Waals surface area contributed by atoms with Crippen molar-refractivity contribution >= 4 is 39.0 Å². The summed E-state index contributed by atoms with van der Waals surface area (Å²) >= 11 is 6.09. The maximum atomic E-state index is 12.9. The van der Waals surface area contributed by atoms with Crippen LogP contribution in [0.1, 0.15) is 21.5 Å². The summed E-state index contributed by atoms with van der Waals surface area (Å²) in [6.45, 7) is -0.0761. The molecule has 0 saturated carbocycles. The van der Waals surface area contributed by atoms with Crippen molar-refractivity contribution < 1.29 is 22.7 Å². The Morgan fingerprint density at radius 2 is 1.47 bits per heavy atom. The number of anilines is 1. The molecule has 0 unspecified atom stereocenters. The van der Waals surface area contributed by atoms with E-state index in [-0.39, 0.29) is 29.4 Å². The van der Waals surface area contributed by atoms with Crippen LogP contribution < -0.4 is 14.8 Å². The number of nitrogens with one attached hydrogen (secondary N) is 2. The van der Waals surface area contributed by atoms with E-state index in [2.05, 4.69) is 10.0 Å². The molecule has 9 heteroatoms. The highest BCUT2D eigenvalue weighted by Gasteiger charge is 2.17. The van der Waals surface area contributed by atoms with Gasteiger partial charge < -0.3 is 10.1 Å². The zero-order chi connectivity index (χ0) is 27.0. The number of carbonyl (C=O) groups is 2. The smallest absolute Gasteiger partial charge is 0.262 e. The predicted molar refractivity (Wildman–Crippen MR) is 147 cm³/mol. The first-order valence-corrected chi connectivity index (χ1v) is 13.6. The third kappa shape index (κ3) is 7.29. The summed E-state index contributed by atoms with van der Waals surface area (Å²) in [5, 5.41) is 3.05. The van der Waals surface area contributed by atoms with Crippen LogP contribution in [0.5, 0.6) is 5.75 Å². The average molecular weight is 549 g/mol. The lowest BCUT2D eigenvalue weighted by atomic mass is 10.0. The largest absolute Gasteiger partial charge is 0.484 e. The second-order valence-electron chi connectivity index (χ2n) is 8.33. The Bertz CT molecular complexity index is 1510. The molecule has 4 aromatic carbocycles. The summed E-state index contributed by atoms with van der Waals surface area (Å²) in [7, 11) is -3.69. The van der Waals surface area contributed by atoms with Crippen molar-refractivity contribution in [3.05, 3.63) is 125 Å². The van der Waals surface area contributed by atoms with Gasteiger partial charge in [-0.25, -0.2) is 13.1 Å². The van der Waals surface area contributed by atoms with Gasteiger partial charge in [0.2, 0.25) is 10.0 Å². The molecule has 0 spiro atoms. The number of sulfonamides is 1. The number of hydrogen-bond donors (Lipinski definition) is 2. The van der Waals surface area contributed by atoms with E-state index in [1.54, 1.807) is 42.5 Å². The average Bonchev–Trinajstić information content (AvgIpc) is 2.94. The van der Waals surface area contributed by atoms with Crippen LogP contribution in [0.25, 0.3) is 0 Å². The Morgan fingerprint density at radius 3 is 2.16 bits per heavy atom. The summed E-state index contributed by atoms with van der Waals surface area (Å²) in [4.78, 5) is 25.6. The molecule has 0 bridgehead atoms.